The minimum absolute atomic E-state index is 0.00102. The zero-order valence-electron chi connectivity index (χ0n) is 12.5. The second-order valence-corrected chi connectivity index (χ2v) is 4.64. The van der Waals surface area contributed by atoms with Crippen LogP contribution < -0.4 is 9.47 Å². The average molecular weight is 318 g/mol. The molecule has 2 N–H and O–H groups in total. The van der Waals surface area contributed by atoms with Gasteiger partial charge in [0.1, 0.15) is 28.6 Å². The lowest BCUT2D eigenvalue weighted by Crippen LogP contribution is -2.04. The lowest BCUT2D eigenvalue weighted by Gasteiger charge is -2.11. The second kappa shape index (κ2) is 6.83. The first kappa shape index (κ1) is 16.4. The van der Waals surface area contributed by atoms with E-state index in [0.29, 0.717) is 5.56 Å². The molecule has 0 saturated heterocycles. The monoisotopic (exact) mass is 318 g/mol. The van der Waals surface area contributed by atoms with Crippen molar-refractivity contribution in [1.82, 2.24) is 0 Å². The number of phenols is 2. The van der Waals surface area contributed by atoms with Crippen LogP contribution in [0.5, 0.6) is 23.0 Å². The fourth-order valence-electron chi connectivity index (χ4n) is 1.99. The fourth-order valence-corrected chi connectivity index (χ4v) is 1.99. The number of aromatic hydroxyl groups is 2. The van der Waals surface area contributed by atoms with Gasteiger partial charge in [0.15, 0.2) is 5.83 Å². The quantitative estimate of drug-likeness (QED) is 0.653. The molecule has 6 heteroatoms. The standard InChI is InChI=1S/C17H15FO5/c1-22-12-8-14(20)16(15(9-12)23-2)17(21)13(18)7-10-3-5-11(19)6-4-10/h3-9,19-20H,1-2H3/b13-7-. The number of Topliss-reactive ketones (excluding diaryl/α,β-unsaturated/α-hetero) is 1. The molecule has 0 unspecified atom stereocenters. The van der Waals surface area contributed by atoms with E-state index in [2.05, 4.69) is 0 Å². The highest BCUT2D eigenvalue weighted by Crippen LogP contribution is 2.35. The Morgan fingerprint density at radius 1 is 1.09 bits per heavy atom. The van der Waals surface area contributed by atoms with E-state index < -0.39 is 17.4 Å². The molecule has 0 fully saturated rings. The van der Waals surface area contributed by atoms with Gasteiger partial charge in [-0.1, -0.05) is 12.1 Å². The van der Waals surface area contributed by atoms with Gasteiger partial charge in [0.05, 0.1) is 14.2 Å². The summed E-state index contributed by atoms with van der Waals surface area (Å²) < 4.78 is 24.2. The number of rotatable bonds is 5. The molecule has 5 nitrogen and oxygen atoms in total. The zero-order chi connectivity index (χ0) is 17.0. The molecular formula is C17H15FO5. The van der Waals surface area contributed by atoms with E-state index in [1.54, 1.807) is 0 Å². The molecule has 0 radical (unpaired) electrons. The minimum Gasteiger partial charge on any atom is -0.508 e. The van der Waals surface area contributed by atoms with Gasteiger partial charge in [-0.05, 0) is 23.8 Å². The predicted octanol–water partition coefficient (Wildman–Crippen LogP) is 3.31. The number of phenolic OH excluding ortho intramolecular Hbond substituents is 2. The fraction of sp³-hybridized carbons (Fsp3) is 0.118. The van der Waals surface area contributed by atoms with Crippen molar-refractivity contribution in [2.75, 3.05) is 14.2 Å². The van der Waals surface area contributed by atoms with E-state index in [1.165, 1.54) is 50.6 Å². The van der Waals surface area contributed by atoms with Crippen LogP contribution in [-0.2, 0) is 0 Å². The van der Waals surface area contributed by atoms with Crippen LogP contribution in [0.15, 0.2) is 42.2 Å². The molecule has 0 aliphatic carbocycles. The molecule has 2 aromatic carbocycles. The van der Waals surface area contributed by atoms with Gasteiger partial charge in [-0.2, -0.15) is 0 Å². The number of ketones is 1. The highest BCUT2D eigenvalue weighted by Gasteiger charge is 2.22. The molecule has 0 aliphatic rings. The Kier molecular flexibility index (Phi) is 4.85. The van der Waals surface area contributed by atoms with Crippen LogP contribution in [0.1, 0.15) is 15.9 Å². The molecule has 0 aromatic heterocycles. The van der Waals surface area contributed by atoms with E-state index in [0.717, 1.165) is 6.08 Å². The summed E-state index contributed by atoms with van der Waals surface area (Å²) in [4.78, 5) is 12.2. The Balaban J connectivity index is 2.41. The van der Waals surface area contributed by atoms with Crippen molar-refractivity contribution in [3.8, 4) is 23.0 Å². The molecule has 2 aromatic rings. The smallest absolute Gasteiger partial charge is 0.228 e. The van der Waals surface area contributed by atoms with E-state index in [4.69, 9.17) is 9.47 Å². The first-order valence-electron chi connectivity index (χ1n) is 6.62. The maximum absolute atomic E-state index is 14.2. The second-order valence-electron chi connectivity index (χ2n) is 4.64. The summed E-state index contributed by atoms with van der Waals surface area (Å²) in [5.74, 6) is -2.23. The normalized spacial score (nSPS) is 11.2. The third kappa shape index (κ3) is 3.60. The van der Waals surface area contributed by atoms with Gasteiger partial charge in [-0.3, -0.25) is 4.79 Å². The predicted molar refractivity (Wildman–Crippen MR) is 82.7 cm³/mol. The number of carbonyl (C=O) groups is 1. The molecule has 0 atom stereocenters. The highest BCUT2D eigenvalue weighted by atomic mass is 19.1. The number of ether oxygens (including phenoxy) is 2. The maximum Gasteiger partial charge on any atom is 0.228 e. The number of methoxy groups -OCH3 is 2. The van der Waals surface area contributed by atoms with Crippen LogP contribution in [0.2, 0.25) is 0 Å². The van der Waals surface area contributed by atoms with Crippen LogP contribution in [0.4, 0.5) is 4.39 Å². The molecule has 0 bridgehead atoms. The van der Waals surface area contributed by atoms with Crippen molar-refractivity contribution in [3.05, 3.63) is 53.4 Å². The summed E-state index contributed by atoms with van der Waals surface area (Å²) in [5, 5.41) is 19.1. The summed E-state index contributed by atoms with van der Waals surface area (Å²) in [6.45, 7) is 0. The molecule has 23 heavy (non-hydrogen) atoms. The molecule has 0 amide bonds. The summed E-state index contributed by atoms with van der Waals surface area (Å²) in [5.41, 5.74) is 0.0986. The zero-order valence-corrected chi connectivity index (χ0v) is 12.5. The van der Waals surface area contributed by atoms with Gasteiger partial charge < -0.3 is 19.7 Å². The van der Waals surface area contributed by atoms with E-state index in [1.807, 2.05) is 0 Å². The maximum atomic E-state index is 14.2. The Hall–Kier alpha value is -3.02. The number of allylic oxidation sites excluding steroid dienone is 1. The van der Waals surface area contributed by atoms with Gasteiger partial charge in [0, 0.05) is 12.1 Å². The Morgan fingerprint density at radius 2 is 1.74 bits per heavy atom. The molecule has 0 aliphatic heterocycles. The van der Waals surface area contributed by atoms with Crippen LogP contribution in [0.25, 0.3) is 6.08 Å². The van der Waals surface area contributed by atoms with Crippen LogP contribution in [0.3, 0.4) is 0 Å². The van der Waals surface area contributed by atoms with Gasteiger partial charge >= 0.3 is 0 Å². The van der Waals surface area contributed by atoms with Crippen molar-refractivity contribution in [3.63, 3.8) is 0 Å². The Morgan fingerprint density at radius 3 is 2.30 bits per heavy atom. The first-order chi connectivity index (χ1) is 11.0. The van der Waals surface area contributed by atoms with Crippen LogP contribution >= 0.6 is 0 Å². The topological polar surface area (TPSA) is 76.0 Å². The van der Waals surface area contributed by atoms with E-state index in [-0.39, 0.29) is 22.8 Å². The van der Waals surface area contributed by atoms with Crippen LogP contribution in [0, 0.1) is 0 Å². The molecule has 0 saturated carbocycles. The molecule has 2 rings (SSSR count). The van der Waals surface area contributed by atoms with Gasteiger partial charge in [0.25, 0.3) is 0 Å². The summed E-state index contributed by atoms with van der Waals surface area (Å²) >= 11 is 0. The largest absolute Gasteiger partial charge is 0.508 e. The average Bonchev–Trinajstić information content (AvgIpc) is 2.55. The van der Waals surface area contributed by atoms with Crippen molar-refractivity contribution >= 4 is 11.9 Å². The minimum atomic E-state index is -1.07. The molecular weight excluding hydrogens is 303 g/mol. The number of halogens is 1. The number of hydrogen-bond acceptors (Lipinski definition) is 5. The van der Waals surface area contributed by atoms with Crippen LogP contribution in [-0.4, -0.2) is 30.2 Å². The van der Waals surface area contributed by atoms with E-state index >= 15 is 0 Å². The van der Waals surface area contributed by atoms with Crippen molar-refractivity contribution < 1.29 is 28.9 Å². The molecule has 120 valence electrons. The van der Waals surface area contributed by atoms with Crippen molar-refractivity contribution in [2.24, 2.45) is 0 Å². The Labute approximate surface area is 132 Å². The van der Waals surface area contributed by atoms with Gasteiger partial charge in [-0.15, -0.1) is 0 Å². The molecule has 0 spiro atoms. The lowest BCUT2D eigenvalue weighted by atomic mass is 10.1. The summed E-state index contributed by atoms with van der Waals surface area (Å²) in [7, 11) is 2.69. The number of carbonyl (C=O) groups excluding carboxylic acids is 1. The summed E-state index contributed by atoms with van der Waals surface area (Å²) in [6, 6.07) is 8.22. The highest BCUT2D eigenvalue weighted by molar-refractivity contribution is 6.13. The Bertz CT molecular complexity index is 750. The number of benzene rings is 2. The third-order valence-corrected chi connectivity index (χ3v) is 3.14. The van der Waals surface area contributed by atoms with Crippen molar-refractivity contribution in [1.29, 1.82) is 0 Å². The van der Waals surface area contributed by atoms with Gasteiger partial charge in [0.2, 0.25) is 5.78 Å². The molecule has 0 heterocycles. The van der Waals surface area contributed by atoms with Crippen molar-refractivity contribution in [2.45, 2.75) is 0 Å². The SMILES string of the molecule is COc1cc(O)c(C(=O)/C(F)=C/c2ccc(O)cc2)c(OC)c1. The third-order valence-electron chi connectivity index (χ3n) is 3.14. The lowest BCUT2D eigenvalue weighted by molar-refractivity contribution is 0.100. The van der Waals surface area contributed by atoms with E-state index in [9.17, 15) is 19.4 Å². The summed E-state index contributed by atoms with van der Waals surface area (Å²) in [6.07, 6.45) is 1.00. The first-order valence-corrected chi connectivity index (χ1v) is 6.62. The number of hydrogen-bond donors (Lipinski definition) is 2. The van der Waals surface area contributed by atoms with Gasteiger partial charge in [-0.25, -0.2) is 4.39 Å².